The fraction of sp³-hybridized carbons (Fsp3) is 0.250. The highest BCUT2D eigenvalue weighted by molar-refractivity contribution is 7.80. The molecule has 0 saturated carbocycles. The topological polar surface area (TPSA) is 57.3 Å². The molecule has 1 fully saturated rings. The van der Waals surface area contributed by atoms with Crippen LogP contribution in [0.2, 0.25) is 0 Å². The summed E-state index contributed by atoms with van der Waals surface area (Å²) < 4.78 is 0. The van der Waals surface area contributed by atoms with Crippen molar-refractivity contribution in [1.82, 2.24) is 20.7 Å². The quantitative estimate of drug-likeness (QED) is 0.643. The van der Waals surface area contributed by atoms with Crippen LogP contribution in [0.15, 0.2) is 60.9 Å². The lowest BCUT2D eigenvalue weighted by Gasteiger charge is -2.36. The maximum absolute atomic E-state index is 12.1. The van der Waals surface area contributed by atoms with Crippen LogP contribution in [0.5, 0.6) is 0 Å². The Hall–Kier alpha value is -2.57. The van der Waals surface area contributed by atoms with E-state index in [2.05, 4.69) is 26.8 Å². The fourth-order valence-corrected chi connectivity index (χ4v) is 3.25. The summed E-state index contributed by atoms with van der Waals surface area (Å²) >= 11 is 5.31. The molecule has 1 aromatic carbocycles. The molecule has 0 bridgehead atoms. The van der Waals surface area contributed by atoms with Gasteiger partial charge in [-0.2, -0.15) is 0 Å². The average molecular weight is 366 g/mol. The summed E-state index contributed by atoms with van der Waals surface area (Å²) in [5.41, 5.74) is 5.29. The Bertz CT molecular complexity index is 764. The number of rotatable bonds is 4. The number of carbonyl (C=O) groups excluding carboxylic acids is 1. The Morgan fingerprint density at radius 1 is 1.19 bits per heavy atom. The van der Waals surface area contributed by atoms with Gasteiger partial charge in [0.25, 0.3) is 0 Å². The number of amides is 1. The fourth-order valence-electron chi connectivity index (χ4n) is 3.03. The van der Waals surface area contributed by atoms with E-state index < -0.39 is 0 Å². The first-order valence-electron chi connectivity index (χ1n) is 8.73. The maximum atomic E-state index is 12.1. The van der Waals surface area contributed by atoms with Crippen LogP contribution < -0.4 is 10.7 Å². The summed E-state index contributed by atoms with van der Waals surface area (Å²) in [6.45, 7) is 0.870. The lowest BCUT2D eigenvalue weighted by Crippen LogP contribution is -2.51. The Labute approximate surface area is 159 Å². The molecular formula is C20H22N4OS. The van der Waals surface area contributed by atoms with E-state index in [9.17, 15) is 4.79 Å². The van der Waals surface area contributed by atoms with Gasteiger partial charge in [-0.25, -0.2) is 5.01 Å². The monoisotopic (exact) mass is 366 g/mol. The van der Waals surface area contributed by atoms with Crippen LogP contribution >= 0.6 is 12.2 Å². The number of carbonyl (C=O) groups is 1. The second kappa shape index (κ2) is 9.22. The van der Waals surface area contributed by atoms with Gasteiger partial charge in [-0.05, 0) is 48.3 Å². The van der Waals surface area contributed by atoms with Crippen molar-refractivity contribution in [3.05, 3.63) is 72.1 Å². The van der Waals surface area contributed by atoms with Crippen molar-refractivity contribution in [3.8, 4) is 0 Å². The average Bonchev–Trinajstić information content (AvgIpc) is 2.68. The number of pyridine rings is 1. The molecule has 134 valence electrons. The van der Waals surface area contributed by atoms with E-state index in [0.29, 0.717) is 5.11 Å². The minimum atomic E-state index is -0.249. The highest BCUT2D eigenvalue weighted by Gasteiger charge is 2.24. The molecule has 1 aromatic heterocycles. The zero-order chi connectivity index (χ0) is 18.2. The van der Waals surface area contributed by atoms with E-state index in [1.165, 1.54) is 6.08 Å². The summed E-state index contributed by atoms with van der Waals surface area (Å²) in [5.74, 6) is -0.249. The van der Waals surface area contributed by atoms with Crippen molar-refractivity contribution >= 4 is 29.3 Å². The van der Waals surface area contributed by atoms with Crippen LogP contribution in [0.4, 0.5) is 0 Å². The Morgan fingerprint density at radius 2 is 2.04 bits per heavy atom. The first-order chi connectivity index (χ1) is 12.7. The zero-order valence-corrected chi connectivity index (χ0v) is 15.3. The number of hydrogen-bond acceptors (Lipinski definition) is 4. The lowest BCUT2D eigenvalue weighted by atomic mass is 9.98. The molecule has 5 nitrogen and oxygen atoms in total. The molecule has 2 heterocycles. The predicted molar refractivity (Wildman–Crippen MR) is 107 cm³/mol. The van der Waals surface area contributed by atoms with Crippen LogP contribution in [-0.4, -0.2) is 27.6 Å². The third-order valence-corrected chi connectivity index (χ3v) is 4.47. The van der Waals surface area contributed by atoms with Crippen molar-refractivity contribution in [3.63, 3.8) is 0 Å². The molecule has 1 atom stereocenters. The maximum Gasteiger partial charge on any atom is 0.250 e. The highest BCUT2D eigenvalue weighted by atomic mass is 32.1. The van der Waals surface area contributed by atoms with Gasteiger partial charge in [0.1, 0.15) is 0 Å². The summed E-state index contributed by atoms with van der Waals surface area (Å²) in [6, 6.07) is 13.9. The third kappa shape index (κ3) is 5.21. The molecule has 1 amide bonds. The molecule has 3 rings (SSSR count). The predicted octanol–water partition coefficient (Wildman–Crippen LogP) is 3.23. The molecule has 2 N–H and O–H groups in total. The minimum Gasteiger partial charge on any atom is -0.298 e. The molecule has 0 spiro atoms. The number of hydrogen-bond donors (Lipinski definition) is 2. The molecular weight excluding hydrogens is 344 g/mol. The van der Waals surface area contributed by atoms with Gasteiger partial charge in [-0.1, -0.05) is 42.8 Å². The van der Waals surface area contributed by atoms with Crippen molar-refractivity contribution < 1.29 is 4.79 Å². The SMILES string of the molecule is O=C(/C=C/c1ccccc1)NC(=S)NN1CCCC[C@@H]1c1cccnc1. The van der Waals surface area contributed by atoms with Gasteiger partial charge in [-0.15, -0.1) is 0 Å². The Balaban J connectivity index is 1.56. The number of aromatic nitrogens is 1. The van der Waals surface area contributed by atoms with Gasteiger partial charge < -0.3 is 0 Å². The van der Waals surface area contributed by atoms with Gasteiger partial charge in [0.05, 0.1) is 6.04 Å². The largest absolute Gasteiger partial charge is 0.298 e. The smallest absolute Gasteiger partial charge is 0.250 e. The second-order valence-electron chi connectivity index (χ2n) is 6.17. The zero-order valence-electron chi connectivity index (χ0n) is 14.5. The van der Waals surface area contributed by atoms with E-state index in [0.717, 1.165) is 36.9 Å². The molecule has 1 aliphatic rings. The lowest BCUT2D eigenvalue weighted by molar-refractivity contribution is -0.115. The number of benzene rings is 1. The van der Waals surface area contributed by atoms with Gasteiger partial charge in [0, 0.05) is 25.0 Å². The third-order valence-electron chi connectivity index (χ3n) is 4.28. The van der Waals surface area contributed by atoms with Crippen molar-refractivity contribution in [2.75, 3.05) is 6.54 Å². The summed E-state index contributed by atoms with van der Waals surface area (Å²) in [7, 11) is 0. The van der Waals surface area contributed by atoms with Crippen molar-refractivity contribution in [2.45, 2.75) is 25.3 Å². The van der Waals surface area contributed by atoms with Crippen LogP contribution in [0.1, 0.15) is 36.4 Å². The van der Waals surface area contributed by atoms with E-state index in [-0.39, 0.29) is 11.9 Å². The molecule has 0 aliphatic carbocycles. The standard InChI is InChI=1S/C20H22N4OS/c25-19(12-11-16-7-2-1-3-8-16)22-20(26)23-24-14-5-4-10-18(24)17-9-6-13-21-15-17/h1-3,6-9,11-13,15,18H,4-5,10,14H2,(H2,22,23,25,26)/b12-11+/t18-/m1/s1. The molecule has 0 unspecified atom stereocenters. The van der Waals surface area contributed by atoms with Gasteiger partial charge in [0.2, 0.25) is 5.91 Å². The molecule has 6 heteroatoms. The van der Waals surface area contributed by atoms with Gasteiger partial charge in [-0.3, -0.25) is 20.5 Å². The van der Waals surface area contributed by atoms with Crippen LogP contribution in [0.3, 0.4) is 0 Å². The Kier molecular flexibility index (Phi) is 6.46. The van der Waals surface area contributed by atoms with Gasteiger partial charge in [0.15, 0.2) is 5.11 Å². The summed E-state index contributed by atoms with van der Waals surface area (Å²) in [5, 5.41) is 5.10. The summed E-state index contributed by atoms with van der Waals surface area (Å²) in [6.07, 6.45) is 10.2. The van der Waals surface area contributed by atoms with E-state index in [1.54, 1.807) is 12.3 Å². The highest BCUT2D eigenvalue weighted by Crippen LogP contribution is 2.28. The van der Waals surface area contributed by atoms with Crippen molar-refractivity contribution in [1.29, 1.82) is 0 Å². The summed E-state index contributed by atoms with van der Waals surface area (Å²) in [4.78, 5) is 16.3. The molecule has 1 saturated heterocycles. The van der Waals surface area contributed by atoms with E-state index >= 15 is 0 Å². The first kappa shape index (κ1) is 18.2. The van der Waals surface area contributed by atoms with Crippen LogP contribution in [0.25, 0.3) is 6.08 Å². The number of nitrogens with zero attached hydrogens (tertiary/aromatic N) is 2. The van der Waals surface area contributed by atoms with E-state index in [4.69, 9.17) is 12.2 Å². The second-order valence-corrected chi connectivity index (χ2v) is 6.57. The van der Waals surface area contributed by atoms with Crippen LogP contribution in [-0.2, 0) is 4.79 Å². The van der Waals surface area contributed by atoms with E-state index in [1.807, 2.05) is 42.6 Å². The molecule has 2 aromatic rings. The Morgan fingerprint density at radius 3 is 2.81 bits per heavy atom. The normalized spacial score (nSPS) is 17.8. The number of piperidine rings is 1. The molecule has 1 aliphatic heterocycles. The number of hydrazine groups is 1. The molecule has 0 radical (unpaired) electrons. The van der Waals surface area contributed by atoms with Crippen LogP contribution in [0, 0.1) is 0 Å². The van der Waals surface area contributed by atoms with Gasteiger partial charge >= 0.3 is 0 Å². The number of thiocarbonyl (C=S) groups is 1. The molecule has 26 heavy (non-hydrogen) atoms. The minimum absolute atomic E-state index is 0.201. The van der Waals surface area contributed by atoms with Crippen molar-refractivity contribution in [2.24, 2.45) is 0 Å². The number of nitrogens with one attached hydrogen (secondary N) is 2. The first-order valence-corrected chi connectivity index (χ1v) is 9.14.